The number of nitrogens with two attached hydrogens (primary N) is 2. The number of nitrogen functional groups attached to an aromatic ring is 1. The zero-order valence-corrected chi connectivity index (χ0v) is 7.40. The van der Waals surface area contributed by atoms with Crippen LogP contribution < -0.4 is 11.6 Å². The maximum atomic E-state index is 11.2. The molecule has 0 aliphatic heterocycles. The summed E-state index contributed by atoms with van der Waals surface area (Å²) in [6.45, 7) is 0. The fraction of sp³-hybridized carbons (Fsp3) is 0. The number of rotatable bonds is 2. The Morgan fingerprint density at radius 1 is 1.15 bits per heavy atom. The maximum Gasteiger partial charge on any atom is 0.301 e. The highest BCUT2D eigenvalue weighted by atomic mass is 32.2. The Balaban J connectivity index is 3.17. The lowest BCUT2D eigenvalue weighted by Crippen LogP contribution is -1.97. The van der Waals surface area contributed by atoms with Crippen molar-refractivity contribution in [3.8, 4) is 0 Å². The minimum atomic E-state index is -3.75. The molecule has 0 amide bonds. The van der Waals surface area contributed by atoms with E-state index in [2.05, 4.69) is 15.6 Å². The summed E-state index contributed by atoms with van der Waals surface area (Å²) in [6, 6.07) is 5.58. The van der Waals surface area contributed by atoms with Gasteiger partial charge in [0.25, 0.3) is 0 Å². The van der Waals surface area contributed by atoms with Crippen LogP contribution in [0.15, 0.2) is 38.9 Å². The fourth-order valence-corrected chi connectivity index (χ4v) is 1.45. The molecule has 0 saturated carbocycles. The van der Waals surface area contributed by atoms with Gasteiger partial charge in [0, 0.05) is 5.69 Å². The van der Waals surface area contributed by atoms with Crippen LogP contribution in [0, 0.1) is 0 Å². The van der Waals surface area contributed by atoms with Crippen molar-refractivity contribution in [1.29, 1.82) is 0 Å². The van der Waals surface area contributed by atoms with Crippen molar-refractivity contribution in [3.63, 3.8) is 0 Å². The number of hydrogen-bond donors (Lipinski definition) is 2. The van der Waals surface area contributed by atoms with Crippen LogP contribution >= 0.6 is 0 Å². The molecular weight excluding hydrogens is 192 g/mol. The van der Waals surface area contributed by atoms with E-state index in [1.54, 1.807) is 0 Å². The van der Waals surface area contributed by atoms with Crippen molar-refractivity contribution in [3.05, 3.63) is 24.3 Å². The number of benzene rings is 1. The zero-order chi connectivity index (χ0) is 9.90. The molecule has 70 valence electrons. The van der Waals surface area contributed by atoms with Gasteiger partial charge < -0.3 is 11.6 Å². The molecule has 7 heteroatoms. The Labute approximate surface area is 75.3 Å². The molecule has 0 radical (unpaired) electrons. The Kier molecular flexibility index (Phi) is 2.47. The van der Waals surface area contributed by atoms with Crippen molar-refractivity contribution in [1.82, 2.24) is 0 Å². The van der Waals surface area contributed by atoms with E-state index in [0.717, 1.165) is 0 Å². The van der Waals surface area contributed by atoms with E-state index in [9.17, 15) is 8.42 Å². The lowest BCUT2D eigenvalue weighted by Gasteiger charge is -1.96. The van der Waals surface area contributed by atoms with Gasteiger partial charge in [-0.05, 0) is 28.8 Å². The minimum Gasteiger partial charge on any atom is -0.399 e. The first-order valence-corrected chi connectivity index (χ1v) is 4.73. The lowest BCUT2D eigenvalue weighted by molar-refractivity contribution is 0.594. The molecule has 0 saturated heterocycles. The van der Waals surface area contributed by atoms with Gasteiger partial charge in [0.05, 0.1) is 4.90 Å². The molecule has 6 nitrogen and oxygen atoms in total. The lowest BCUT2D eigenvalue weighted by atomic mass is 10.3. The van der Waals surface area contributed by atoms with Gasteiger partial charge in [0.2, 0.25) is 0 Å². The predicted octanol–water partition coefficient (Wildman–Crippen LogP) is 0.283. The summed E-state index contributed by atoms with van der Waals surface area (Å²) >= 11 is 0. The van der Waals surface area contributed by atoms with Gasteiger partial charge in [-0.25, -0.2) is 0 Å². The number of nitrogens with zero attached hydrogens (tertiary/aromatic N) is 2. The van der Waals surface area contributed by atoms with Crippen LogP contribution in [0.2, 0.25) is 0 Å². The second kappa shape index (κ2) is 3.40. The quantitative estimate of drug-likeness (QED) is 0.309. The van der Waals surface area contributed by atoms with E-state index >= 15 is 0 Å². The molecule has 0 aliphatic rings. The molecule has 0 atom stereocenters. The summed E-state index contributed by atoms with van der Waals surface area (Å²) < 4.78 is 25.2. The Hall–Kier alpha value is -1.63. The third-order valence-electron chi connectivity index (χ3n) is 1.33. The highest BCUT2D eigenvalue weighted by molar-refractivity contribution is 7.90. The van der Waals surface area contributed by atoms with E-state index in [1.165, 1.54) is 24.3 Å². The first-order valence-electron chi connectivity index (χ1n) is 3.29. The Morgan fingerprint density at radius 2 is 1.69 bits per heavy atom. The van der Waals surface area contributed by atoms with Crippen LogP contribution in [0.25, 0.3) is 0 Å². The molecule has 0 unspecified atom stereocenters. The number of sulfonamides is 1. The average Bonchev–Trinajstić information content (AvgIpc) is 2.05. The molecule has 0 spiro atoms. The molecule has 0 aromatic heterocycles. The van der Waals surface area contributed by atoms with Gasteiger partial charge in [-0.2, -0.15) is 8.42 Å². The van der Waals surface area contributed by atoms with E-state index in [0.29, 0.717) is 5.69 Å². The van der Waals surface area contributed by atoms with Crippen molar-refractivity contribution >= 4 is 15.7 Å². The third kappa shape index (κ3) is 2.15. The smallest absolute Gasteiger partial charge is 0.301 e. The van der Waals surface area contributed by atoms with Gasteiger partial charge in [-0.3, -0.25) is 0 Å². The van der Waals surface area contributed by atoms with E-state index < -0.39 is 10.0 Å². The van der Waals surface area contributed by atoms with Crippen LogP contribution in [0.3, 0.4) is 0 Å². The Bertz CT molecular complexity index is 409. The first-order chi connectivity index (χ1) is 6.06. The van der Waals surface area contributed by atoms with Gasteiger partial charge in [-0.1, -0.05) is 5.22 Å². The molecular formula is C6H8N4O2S. The zero-order valence-electron chi connectivity index (χ0n) is 6.58. The predicted molar refractivity (Wildman–Crippen MR) is 47.1 cm³/mol. The summed E-state index contributed by atoms with van der Waals surface area (Å²) in [5.74, 6) is 4.64. The molecule has 0 bridgehead atoms. The monoisotopic (exact) mass is 200 g/mol. The fourth-order valence-electron chi connectivity index (χ4n) is 0.749. The molecule has 0 fully saturated rings. The molecule has 0 aliphatic carbocycles. The molecule has 0 heterocycles. The molecule has 4 N–H and O–H groups in total. The van der Waals surface area contributed by atoms with E-state index in [1.807, 2.05) is 0 Å². The summed E-state index contributed by atoms with van der Waals surface area (Å²) in [5, 5.41) is 2.71. The highest BCUT2D eigenvalue weighted by Crippen LogP contribution is 2.13. The maximum absolute atomic E-state index is 11.2. The molecule has 1 aromatic rings. The van der Waals surface area contributed by atoms with Crippen LogP contribution in [0.4, 0.5) is 5.69 Å². The number of anilines is 1. The average molecular weight is 200 g/mol. The second-order valence-corrected chi connectivity index (χ2v) is 3.83. The largest absolute Gasteiger partial charge is 0.399 e. The van der Waals surface area contributed by atoms with Crippen LogP contribution in [0.1, 0.15) is 0 Å². The Morgan fingerprint density at radius 3 is 2.15 bits per heavy atom. The summed E-state index contributed by atoms with van der Waals surface area (Å²) in [5.41, 5.74) is 5.85. The van der Waals surface area contributed by atoms with E-state index in [4.69, 9.17) is 5.73 Å². The van der Waals surface area contributed by atoms with E-state index in [-0.39, 0.29) is 4.90 Å². The van der Waals surface area contributed by atoms with Gasteiger partial charge in [-0.15, -0.1) is 0 Å². The molecule has 1 rings (SSSR count). The summed E-state index contributed by atoms with van der Waals surface area (Å²) in [6.07, 6.45) is 0. The van der Waals surface area contributed by atoms with Crippen LogP contribution in [0.5, 0.6) is 0 Å². The number of hydrogen-bond acceptors (Lipinski definition) is 4. The second-order valence-electron chi connectivity index (χ2n) is 2.24. The van der Waals surface area contributed by atoms with Crippen molar-refractivity contribution in [2.75, 3.05) is 5.73 Å². The van der Waals surface area contributed by atoms with Crippen LogP contribution in [-0.4, -0.2) is 8.42 Å². The normalized spacial score (nSPS) is 12.0. The van der Waals surface area contributed by atoms with Crippen molar-refractivity contribution in [2.45, 2.75) is 4.90 Å². The van der Waals surface area contributed by atoms with Gasteiger partial charge >= 0.3 is 10.0 Å². The minimum absolute atomic E-state index is 0.0101. The van der Waals surface area contributed by atoms with Crippen molar-refractivity contribution < 1.29 is 8.42 Å². The SMILES string of the molecule is NN=NS(=O)(=O)c1ccc(N)cc1. The standard InChI is InChI=1S/C6H8N4O2S/c7-5-1-3-6(4-2-5)13(11,12)10-9-8/h1-4H,7H2,(H2,8,10). The molecule has 13 heavy (non-hydrogen) atoms. The molecule has 1 aromatic carbocycles. The first kappa shape index (κ1) is 9.46. The van der Waals surface area contributed by atoms with Gasteiger partial charge in [0.1, 0.15) is 0 Å². The van der Waals surface area contributed by atoms with Crippen molar-refractivity contribution in [2.24, 2.45) is 15.6 Å². The third-order valence-corrected chi connectivity index (χ3v) is 2.51. The highest BCUT2D eigenvalue weighted by Gasteiger charge is 2.11. The summed E-state index contributed by atoms with van der Waals surface area (Å²) in [4.78, 5) is 0.0101. The van der Waals surface area contributed by atoms with Gasteiger partial charge in [0.15, 0.2) is 0 Å². The summed E-state index contributed by atoms with van der Waals surface area (Å²) in [7, 11) is -3.75. The van der Waals surface area contributed by atoms with Crippen LogP contribution in [-0.2, 0) is 10.0 Å². The topological polar surface area (TPSA) is 111 Å².